The predicted octanol–water partition coefficient (Wildman–Crippen LogP) is 2.06. The summed E-state index contributed by atoms with van der Waals surface area (Å²) in [6.45, 7) is 2.52. The summed E-state index contributed by atoms with van der Waals surface area (Å²) in [7, 11) is 0. The molecule has 3 heterocycles. The van der Waals surface area contributed by atoms with Crippen LogP contribution in [0.3, 0.4) is 0 Å². The van der Waals surface area contributed by atoms with E-state index in [9.17, 15) is 14.9 Å². The molecule has 3 aromatic rings. The minimum atomic E-state index is -0.578. The Hall–Kier alpha value is -4.15. The van der Waals surface area contributed by atoms with Gasteiger partial charge in [-0.25, -0.2) is 9.97 Å². The zero-order valence-corrected chi connectivity index (χ0v) is 15.9. The number of amides is 1. The molecule has 4 rings (SSSR count). The fourth-order valence-corrected chi connectivity index (χ4v) is 3.26. The summed E-state index contributed by atoms with van der Waals surface area (Å²) in [5.74, 6) is -0.407. The van der Waals surface area contributed by atoms with Crippen molar-refractivity contribution >= 4 is 28.9 Å². The van der Waals surface area contributed by atoms with E-state index in [4.69, 9.17) is 4.42 Å². The Kier molecular flexibility index (Phi) is 5.42. The van der Waals surface area contributed by atoms with Crippen LogP contribution >= 0.6 is 0 Å². The second-order valence-corrected chi connectivity index (χ2v) is 6.52. The largest absolute Gasteiger partial charge is 0.459 e. The first-order valence-electron chi connectivity index (χ1n) is 9.27. The first kappa shape index (κ1) is 19.2. The lowest BCUT2D eigenvalue weighted by Gasteiger charge is -2.36. The lowest BCUT2D eigenvalue weighted by molar-refractivity contribution is -0.383. The van der Waals surface area contributed by atoms with Crippen LogP contribution in [-0.4, -0.2) is 47.0 Å². The molecule has 0 bridgehead atoms. The number of para-hydroxylation sites is 1. The van der Waals surface area contributed by atoms with Gasteiger partial charge >= 0.3 is 11.6 Å². The lowest BCUT2D eigenvalue weighted by Crippen LogP contribution is -2.47. The number of carbonyl (C=O) groups is 1. The molecule has 2 N–H and O–H groups in total. The van der Waals surface area contributed by atoms with E-state index in [2.05, 4.69) is 25.7 Å². The van der Waals surface area contributed by atoms with Crippen LogP contribution in [0.25, 0.3) is 0 Å². The molecule has 0 radical (unpaired) electrons. The summed E-state index contributed by atoms with van der Waals surface area (Å²) in [6, 6.07) is 13.0. The Morgan fingerprint density at radius 3 is 2.43 bits per heavy atom. The summed E-state index contributed by atoms with van der Waals surface area (Å²) in [6.07, 6.45) is 2.59. The number of benzene rings is 1. The van der Waals surface area contributed by atoms with Crippen molar-refractivity contribution in [3.8, 4) is 0 Å². The molecule has 0 unspecified atom stereocenters. The van der Waals surface area contributed by atoms with Gasteiger partial charge in [-0.2, -0.15) is 0 Å². The summed E-state index contributed by atoms with van der Waals surface area (Å²) in [5, 5.41) is 11.8. The maximum Gasteiger partial charge on any atom is 0.355 e. The van der Waals surface area contributed by atoms with Crippen LogP contribution in [0.1, 0.15) is 10.6 Å². The zero-order valence-electron chi connectivity index (χ0n) is 15.9. The van der Waals surface area contributed by atoms with Gasteiger partial charge in [0.2, 0.25) is 11.6 Å². The van der Waals surface area contributed by atoms with Gasteiger partial charge in [-0.3, -0.25) is 25.8 Å². The summed E-state index contributed by atoms with van der Waals surface area (Å²) in [4.78, 5) is 35.4. The number of rotatable bonds is 6. The second-order valence-electron chi connectivity index (χ2n) is 6.52. The lowest BCUT2D eigenvalue weighted by atomic mass is 10.2. The number of hydrazine groups is 1. The van der Waals surface area contributed by atoms with Crippen molar-refractivity contribution in [2.24, 2.45) is 0 Å². The van der Waals surface area contributed by atoms with Crippen LogP contribution in [0.15, 0.2) is 59.5 Å². The summed E-state index contributed by atoms with van der Waals surface area (Å²) >= 11 is 0. The van der Waals surface area contributed by atoms with E-state index in [1.54, 1.807) is 6.07 Å². The van der Waals surface area contributed by atoms with E-state index in [-0.39, 0.29) is 23.1 Å². The molecular weight excluding hydrogens is 390 g/mol. The van der Waals surface area contributed by atoms with Gasteiger partial charge in [0.15, 0.2) is 5.76 Å². The second kappa shape index (κ2) is 8.47. The van der Waals surface area contributed by atoms with Gasteiger partial charge < -0.3 is 14.2 Å². The highest BCUT2D eigenvalue weighted by molar-refractivity contribution is 5.92. The SMILES string of the molecule is O=C(NNc1ncnc(N2CCN(c3ccccc3)CC2)c1[N+](=O)[O-])c1ccco1. The van der Waals surface area contributed by atoms with E-state index in [1.807, 2.05) is 35.2 Å². The maximum absolute atomic E-state index is 12.0. The molecule has 1 saturated heterocycles. The highest BCUT2D eigenvalue weighted by atomic mass is 16.6. The molecular formula is C19H19N7O4. The van der Waals surface area contributed by atoms with Crippen molar-refractivity contribution in [3.63, 3.8) is 0 Å². The van der Waals surface area contributed by atoms with Crippen molar-refractivity contribution in [2.45, 2.75) is 0 Å². The van der Waals surface area contributed by atoms with E-state index in [0.29, 0.717) is 26.2 Å². The molecule has 11 nitrogen and oxygen atoms in total. The fraction of sp³-hybridized carbons (Fsp3) is 0.211. The number of aromatic nitrogens is 2. The molecule has 30 heavy (non-hydrogen) atoms. The van der Waals surface area contributed by atoms with Gasteiger partial charge in [0.1, 0.15) is 6.33 Å². The van der Waals surface area contributed by atoms with Gasteiger partial charge in [0, 0.05) is 31.9 Å². The zero-order chi connectivity index (χ0) is 20.9. The van der Waals surface area contributed by atoms with Gasteiger partial charge in [-0.1, -0.05) is 18.2 Å². The van der Waals surface area contributed by atoms with E-state index >= 15 is 0 Å². The normalized spacial score (nSPS) is 13.7. The Balaban J connectivity index is 1.49. The number of nitrogens with one attached hydrogen (secondary N) is 2. The van der Waals surface area contributed by atoms with Crippen LogP contribution in [0.2, 0.25) is 0 Å². The van der Waals surface area contributed by atoms with E-state index < -0.39 is 10.8 Å². The van der Waals surface area contributed by atoms with Crippen molar-refractivity contribution in [3.05, 3.63) is 70.9 Å². The first-order chi connectivity index (χ1) is 14.6. The number of hydrogen-bond acceptors (Lipinski definition) is 9. The molecule has 0 saturated carbocycles. The monoisotopic (exact) mass is 409 g/mol. The molecule has 0 aliphatic carbocycles. The number of nitro groups is 1. The third kappa shape index (κ3) is 3.99. The van der Waals surface area contributed by atoms with Gasteiger partial charge in [0.25, 0.3) is 0 Å². The van der Waals surface area contributed by atoms with Crippen LogP contribution in [-0.2, 0) is 0 Å². The Bertz CT molecular complexity index is 1020. The molecule has 1 amide bonds. The average molecular weight is 409 g/mol. The molecule has 1 aliphatic rings. The third-order valence-corrected chi connectivity index (χ3v) is 4.73. The van der Waals surface area contributed by atoms with Crippen molar-refractivity contribution in [1.82, 2.24) is 15.4 Å². The highest BCUT2D eigenvalue weighted by Gasteiger charge is 2.29. The molecule has 11 heteroatoms. The predicted molar refractivity (Wildman–Crippen MR) is 109 cm³/mol. The van der Waals surface area contributed by atoms with E-state index in [1.165, 1.54) is 18.7 Å². The Labute approximate surface area is 171 Å². The molecule has 154 valence electrons. The number of hydrogen-bond donors (Lipinski definition) is 2. The standard InChI is InChI=1S/C19H19N7O4/c27-19(15-7-4-12-30-15)23-22-17-16(26(28)29)18(21-13-20-17)25-10-8-24(9-11-25)14-5-2-1-3-6-14/h1-7,12-13H,8-11H2,(H,23,27)(H,20,21,22). The number of anilines is 3. The number of piperazine rings is 1. The molecule has 1 aromatic carbocycles. The Morgan fingerprint density at radius 2 is 1.77 bits per heavy atom. The highest BCUT2D eigenvalue weighted by Crippen LogP contribution is 2.32. The van der Waals surface area contributed by atoms with Gasteiger partial charge in [-0.15, -0.1) is 0 Å². The van der Waals surface area contributed by atoms with Crippen LogP contribution in [0.5, 0.6) is 0 Å². The van der Waals surface area contributed by atoms with Crippen molar-refractivity contribution in [2.75, 3.05) is 41.4 Å². The number of furan rings is 1. The van der Waals surface area contributed by atoms with Crippen LogP contribution < -0.4 is 20.7 Å². The fourth-order valence-electron chi connectivity index (χ4n) is 3.26. The molecule has 1 aliphatic heterocycles. The number of carbonyl (C=O) groups excluding carboxylic acids is 1. The smallest absolute Gasteiger partial charge is 0.355 e. The van der Waals surface area contributed by atoms with Crippen molar-refractivity contribution in [1.29, 1.82) is 0 Å². The quantitative estimate of drug-likeness (QED) is 0.464. The molecule has 2 aromatic heterocycles. The maximum atomic E-state index is 12.0. The average Bonchev–Trinajstić information content (AvgIpc) is 3.33. The summed E-state index contributed by atoms with van der Waals surface area (Å²) < 4.78 is 5.00. The van der Waals surface area contributed by atoms with Gasteiger partial charge in [0.05, 0.1) is 11.2 Å². The molecule has 0 spiro atoms. The number of nitrogens with zero attached hydrogens (tertiary/aromatic N) is 5. The minimum absolute atomic E-state index is 0.0662. The van der Waals surface area contributed by atoms with Crippen molar-refractivity contribution < 1.29 is 14.1 Å². The van der Waals surface area contributed by atoms with Crippen LogP contribution in [0, 0.1) is 10.1 Å². The third-order valence-electron chi connectivity index (χ3n) is 4.73. The first-order valence-corrected chi connectivity index (χ1v) is 9.27. The van der Waals surface area contributed by atoms with Gasteiger partial charge in [-0.05, 0) is 24.3 Å². The summed E-state index contributed by atoms with van der Waals surface area (Å²) in [5.41, 5.74) is 5.67. The molecule has 1 fully saturated rings. The topological polar surface area (TPSA) is 130 Å². The molecule has 0 atom stereocenters. The van der Waals surface area contributed by atoms with E-state index in [0.717, 1.165) is 5.69 Å². The Morgan fingerprint density at radius 1 is 1.03 bits per heavy atom. The minimum Gasteiger partial charge on any atom is -0.459 e. The van der Waals surface area contributed by atoms with Crippen LogP contribution in [0.4, 0.5) is 23.0 Å².